The number of imide groups is 1. The molecule has 1 aliphatic heterocycles. The molecule has 0 fully saturated rings. The zero-order valence-electron chi connectivity index (χ0n) is 24.2. The third-order valence-corrected chi connectivity index (χ3v) is 16.8. The van der Waals surface area contributed by atoms with Gasteiger partial charge in [0, 0.05) is 18.3 Å². The Morgan fingerprint density at radius 2 is 1.46 bits per heavy atom. The van der Waals surface area contributed by atoms with Gasteiger partial charge in [-0.25, -0.2) is 0 Å². The van der Waals surface area contributed by atoms with Crippen LogP contribution in [-0.2, 0) is 6.42 Å². The highest BCUT2D eigenvalue weighted by molar-refractivity contribution is 6.75. The maximum Gasteiger partial charge on any atom is 0.261 e. The Balaban J connectivity index is 1.78. The van der Waals surface area contributed by atoms with Crippen molar-refractivity contribution in [3.05, 3.63) is 53.1 Å². The van der Waals surface area contributed by atoms with Gasteiger partial charge in [0.1, 0.15) is 11.5 Å². The highest BCUT2D eigenvalue weighted by Crippen LogP contribution is 2.41. The van der Waals surface area contributed by atoms with Gasteiger partial charge in [-0.2, -0.15) is 0 Å². The van der Waals surface area contributed by atoms with Crippen molar-refractivity contribution in [1.82, 2.24) is 5.32 Å². The van der Waals surface area contributed by atoms with Crippen molar-refractivity contribution >= 4 is 34.1 Å². The molecule has 2 aromatic carbocycles. The lowest BCUT2D eigenvalue weighted by Crippen LogP contribution is -2.44. The standard InChI is InChI=1S/C29H44N2O4Si2/c1-28(2,3)36(7,8)34-21-17-16-20(24(19-21)35-37(9,10)29(4,5)6)13-12-18-30-23-15-11-14-22-25(23)27(33)31-26(22)32/h11,14-17,19,30H,12-13,18H2,1-10H3,(H,31,32,33). The third-order valence-electron chi connectivity index (χ3n) is 8.09. The van der Waals surface area contributed by atoms with Crippen LogP contribution in [-0.4, -0.2) is 35.0 Å². The van der Waals surface area contributed by atoms with E-state index in [1.54, 1.807) is 12.1 Å². The van der Waals surface area contributed by atoms with E-state index in [0.29, 0.717) is 23.4 Å². The summed E-state index contributed by atoms with van der Waals surface area (Å²) in [5.74, 6) is 1.10. The molecule has 37 heavy (non-hydrogen) atoms. The molecule has 1 heterocycles. The lowest BCUT2D eigenvalue weighted by atomic mass is 10.1. The molecule has 0 unspecified atom stereocenters. The van der Waals surface area contributed by atoms with Gasteiger partial charge in [0.15, 0.2) is 0 Å². The summed E-state index contributed by atoms with van der Waals surface area (Å²) in [5, 5.41) is 5.91. The van der Waals surface area contributed by atoms with Gasteiger partial charge in [-0.1, -0.05) is 53.7 Å². The second kappa shape index (κ2) is 10.3. The molecule has 8 heteroatoms. The molecule has 3 rings (SSSR count). The molecule has 2 amide bonds. The molecule has 0 saturated carbocycles. The van der Waals surface area contributed by atoms with Crippen LogP contribution >= 0.6 is 0 Å². The molecule has 0 aliphatic carbocycles. The smallest absolute Gasteiger partial charge is 0.261 e. The van der Waals surface area contributed by atoms with Crippen LogP contribution in [0.2, 0.25) is 36.3 Å². The lowest BCUT2D eigenvalue weighted by Gasteiger charge is -2.38. The first-order valence-corrected chi connectivity index (χ1v) is 19.0. The molecule has 202 valence electrons. The van der Waals surface area contributed by atoms with E-state index >= 15 is 0 Å². The Morgan fingerprint density at radius 3 is 2.08 bits per heavy atom. The van der Waals surface area contributed by atoms with Crippen LogP contribution in [0.4, 0.5) is 5.69 Å². The molecule has 2 N–H and O–H groups in total. The SMILES string of the molecule is CC(C)(C)[Si](C)(C)Oc1ccc(CCCNc2cccc3c2C(=O)NC3=O)c(O[Si](C)(C)C(C)(C)C)c1. The van der Waals surface area contributed by atoms with Crippen molar-refractivity contribution < 1.29 is 18.4 Å². The molecule has 0 saturated heterocycles. The van der Waals surface area contributed by atoms with Crippen LogP contribution in [0.1, 0.15) is 74.2 Å². The van der Waals surface area contributed by atoms with Gasteiger partial charge in [-0.05, 0) is 72.9 Å². The number of rotatable bonds is 9. The monoisotopic (exact) mass is 540 g/mol. The number of amides is 2. The second-order valence-electron chi connectivity index (χ2n) is 13.0. The summed E-state index contributed by atoms with van der Waals surface area (Å²) in [4.78, 5) is 24.2. The summed E-state index contributed by atoms with van der Waals surface area (Å²) in [7, 11) is -4.04. The first-order chi connectivity index (χ1) is 16.9. The molecule has 0 spiro atoms. The fourth-order valence-electron chi connectivity index (χ4n) is 3.64. The Bertz CT molecular complexity index is 1180. The number of hydrogen-bond donors (Lipinski definition) is 2. The van der Waals surface area contributed by atoms with E-state index in [1.807, 2.05) is 6.07 Å². The number of aryl methyl sites for hydroxylation is 1. The molecule has 0 atom stereocenters. The third kappa shape index (κ3) is 6.47. The van der Waals surface area contributed by atoms with Gasteiger partial charge in [-0.3, -0.25) is 14.9 Å². The number of benzene rings is 2. The molecule has 1 aliphatic rings. The maximum absolute atomic E-state index is 12.2. The van der Waals surface area contributed by atoms with Crippen LogP contribution in [0.25, 0.3) is 0 Å². The molecular formula is C29H44N2O4Si2. The van der Waals surface area contributed by atoms with Crippen molar-refractivity contribution in [2.45, 2.75) is 90.6 Å². The molecule has 6 nitrogen and oxygen atoms in total. The van der Waals surface area contributed by atoms with Gasteiger partial charge in [0.2, 0.25) is 16.6 Å². The fraction of sp³-hybridized carbons (Fsp3) is 0.517. The van der Waals surface area contributed by atoms with Crippen LogP contribution in [0.5, 0.6) is 11.5 Å². The predicted molar refractivity (Wildman–Crippen MR) is 157 cm³/mol. The van der Waals surface area contributed by atoms with Crippen molar-refractivity contribution in [3.63, 3.8) is 0 Å². The number of hydrogen-bond acceptors (Lipinski definition) is 5. The molecule has 0 bridgehead atoms. The normalized spacial score (nSPS) is 14.3. The highest BCUT2D eigenvalue weighted by Gasteiger charge is 2.41. The van der Waals surface area contributed by atoms with Gasteiger partial charge in [0.05, 0.1) is 11.1 Å². The highest BCUT2D eigenvalue weighted by atomic mass is 28.4. The zero-order chi connectivity index (χ0) is 27.8. The predicted octanol–water partition coefficient (Wildman–Crippen LogP) is 7.38. The molecule has 0 aromatic heterocycles. The summed E-state index contributed by atoms with van der Waals surface area (Å²) in [5.41, 5.74) is 2.70. The Hall–Kier alpha value is -2.59. The summed E-state index contributed by atoms with van der Waals surface area (Å²) >= 11 is 0. The van der Waals surface area contributed by atoms with Crippen molar-refractivity contribution in [3.8, 4) is 11.5 Å². The maximum atomic E-state index is 12.2. The van der Waals surface area contributed by atoms with E-state index in [2.05, 4.69) is 96.6 Å². The fourth-order valence-corrected chi connectivity index (χ4v) is 5.71. The average molecular weight is 541 g/mol. The van der Waals surface area contributed by atoms with Gasteiger partial charge >= 0.3 is 0 Å². The van der Waals surface area contributed by atoms with Gasteiger partial charge in [-0.15, -0.1) is 0 Å². The van der Waals surface area contributed by atoms with E-state index in [4.69, 9.17) is 8.85 Å². The number of anilines is 1. The van der Waals surface area contributed by atoms with Crippen LogP contribution in [0, 0.1) is 0 Å². The van der Waals surface area contributed by atoms with E-state index in [-0.39, 0.29) is 21.9 Å². The lowest BCUT2D eigenvalue weighted by molar-refractivity contribution is 0.0880. The van der Waals surface area contributed by atoms with Crippen LogP contribution in [0.15, 0.2) is 36.4 Å². The van der Waals surface area contributed by atoms with Crippen LogP contribution < -0.4 is 19.5 Å². The van der Waals surface area contributed by atoms with Gasteiger partial charge < -0.3 is 14.2 Å². The average Bonchev–Trinajstić information content (AvgIpc) is 3.04. The van der Waals surface area contributed by atoms with Crippen molar-refractivity contribution in [2.75, 3.05) is 11.9 Å². The molecule has 0 radical (unpaired) electrons. The summed E-state index contributed by atoms with van der Waals surface area (Å²) in [6.45, 7) is 23.2. The Morgan fingerprint density at radius 1 is 0.838 bits per heavy atom. The van der Waals surface area contributed by atoms with E-state index < -0.39 is 16.6 Å². The molecule has 2 aromatic rings. The minimum absolute atomic E-state index is 0.0772. The van der Waals surface area contributed by atoms with E-state index in [9.17, 15) is 9.59 Å². The first kappa shape index (κ1) is 29.0. The summed E-state index contributed by atoms with van der Waals surface area (Å²) in [6, 6.07) is 11.6. The Kier molecular flexibility index (Phi) is 8.06. The topological polar surface area (TPSA) is 76.7 Å². The summed E-state index contributed by atoms with van der Waals surface area (Å²) in [6.07, 6.45) is 1.66. The van der Waals surface area contributed by atoms with E-state index in [0.717, 1.165) is 29.9 Å². The summed E-state index contributed by atoms with van der Waals surface area (Å²) < 4.78 is 13.4. The van der Waals surface area contributed by atoms with Crippen molar-refractivity contribution in [1.29, 1.82) is 0 Å². The van der Waals surface area contributed by atoms with Crippen molar-refractivity contribution in [2.24, 2.45) is 0 Å². The molecular weight excluding hydrogens is 497 g/mol. The number of carbonyl (C=O) groups excluding carboxylic acids is 2. The first-order valence-electron chi connectivity index (χ1n) is 13.2. The van der Waals surface area contributed by atoms with Gasteiger partial charge in [0.25, 0.3) is 11.8 Å². The number of nitrogens with one attached hydrogen (secondary N) is 2. The Labute approximate surface area is 224 Å². The number of carbonyl (C=O) groups is 2. The largest absolute Gasteiger partial charge is 0.543 e. The van der Waals surface area contributed by atoms with Crippen LogP contribution in [0.3, 0.4) is 0 Å². The minimum Gasteiger partial charge on any atom is -0.543 e. The quantitative estimate of drug-likeness (QED) is 0.197. The minimum atomic E-state index is -2.06. The number of fused-ring (bicyclic) bond motifs is 1. The van der Waals surface area contributed by atoms with E-state index in [1.165, 1.54) is 0 Å². The zero-order valence-corrected chi connectivity index (χ0v) is 26.2. The second-order valence-corrected chi connectivity index (χ2v) is 22.5.